The van der Waals surface area contributed by atoms with Crippen molar-refractivity contribution in [3.63, 3.8) is 0 Å². The van der Waals surface area contributed by atoms with Crippen molar-refractivity contribution < 1.29 is 9.47 Å². The van der Waals surface area contributed by atoms with Gasteiger partial charge in [-0.25, -0.2) is 0 Å². The molecule has 92 valence electrons. The second-order valence-electron chi connectivity index (χ2n) is 5.19. The van der Waals surface area contributed by atoms with Crippen LogP contribution >= 0.6 is 0 Å². The molecule has 0 aromatic heterocycles. The topological polar surface area (TPSA) is 44.5 Å². The molecule has 2 N–H and O–H groups in total. The van der Waals surface area contributed by atoms with E-state index in [2.05, 4.69) is 12.1 Å². The Balaban J connectivity index is 1.89. The average Bonchev–Trinajstić information content (AvgIpc) is 3.10. The second kappa shape index (κ2) is 3.91. The lowest BCUT2D eigenvalue weighted by atomic mass is 9.73. The number of hydrogen-bond acceptors (Lipinski definition) is 3. The quantitative estimate of drug-likeness (QED) is 0.869. The summed E-state index contributed by atoms with van der Waals surface area (Å²) in [6.45, 7) is 0. The first-order chi connectivity index (χ1) is 8.21. The fourth-order valence-corrected chi connectivity index (χ4v) is 2.29. The van der Waals surface area contributed by atoms with Gasteiger partial charge >= 0.3 is 0 Å². The maximum absolute atomic E-state index is 6.33. The van der Waals surface area contributed by atoms with E-state index in [1.54, 1.807) is 7.11 Å². The predicted molar refractivity (Wildman–Crippen MR) is 66.4 cm³/mol. The molecule has 0 heterocycles. The molecular formula is C14H19NO2. The zero-order valence-electron chi connectivity index (χ0n) is 10.2. The average molecular weight is 233 g/mol. The predicted octanol–water partition coefficient (Wildman–Crippen LogP) is 2.57. The van der Waals surface area contributed by atoms with Crippen molar-refractivity contribution in [3.05, 3.63) is 23.8 Å². The van der Waals surface area contributed by atoms with Crippen LogP contribution in [0.25, 0.3) is 0 Å². The summed E-state index contributed by atoms with van der Waals surface area (Å²) >= 11 is 0. The van der Waals surface area contributed by atoms with E-state index in [9.17, 15) is 0 Å². The van der Waals surface area contributed by atoms with Gasteiger partial charge in [-0.3, -0.25) is 0 Å². The third kappa shape index (κ3) is 2.00. The van der Waals surface area contributed by atoms with E-state index in [1.807, 2.05) is 6.07 Å². The van der Waals surface area contributed by atoms with Crippen molar-refractivity contribution in [1.82, 2.24) is 0 Å². The number of ether oxygens (including phenoxy) is 2. The number of benzene rings is 1. The third-order valence-corrected chi connectivity index (χ3v) is 3.80. The molecule has 1 aromatic carbocycles. The Morgan fingerprint density at radius 3 is 2.53 bits per heavy atom. The number of nitrogens with two attached hydrogens (primary N) is 1. The summed E-state index contributed by atoms with van der Waals surface area (Å²) in [5, 5.41) is 0. The Kier molecular flexibility index (Phi) is 2.51. The fraction of sp³-hybridized carbons (Fsp3) is 0.571. The molecule has 17 heavy (non-hydrogen) atoms. The highest BCUT2D eigenvalue weighted by atomic mass is 16.5. The van der Waals surface area contributed by atoms with Crippen molar-refractivity contribution in [3.8, 4) is 11.5 Å². The zero-order valence-corrected chi connectivity index (χ0v) is 10.2. The van der Waals surface area contributed by atoms with Crippen molar-refractivity contribution in [2.45, 2.75) is 43.7 Å². The van der Waals surface area contributed by atoms with E-state index in [1.165, 1.54) is 12.0 Å². The SMILES string of the molecule is COc1ccc(C2(N)CCC2)cc1OC1CC1. The molecule has 0 aliphatic heterocycles. The van der Waals surface area contributed by atoms with E-state index in [4.69, 9.17) is 15.2 Å². The third-order valence-electron chi connectivity index (χ3n) is 3.80. The van der Waals surface area contributed by atoms with Crippen molar-refractivity contribution in [2.24, 2.45) is 5.73 Å². The highest BCUT2D eigenvalue weighted by molar-refractivity contribution is 5.45. The monoisotopic (exact) mass is 233 g/mol. The van der Waals surface area contributed by atoms with Gasteiger partial charge in [-0.2, -0.15) is 0 Å². The maximum Gasteiger partial charge on any atom is 0.161 e. The van der Waals surface area contributed by atoms with Crippen LogP contribution in [-0.4, -0.2) is 13.2 Å². The first-order valence-electron chi connectivity index (χ1n) is 6.35. The zero-order chi connectivity index (χ0) is 11.9. The van der Waals surface area contributed by atoms with Gasteiger partial charge in [0.05, 0.1) is 13.2 Å². The fourth-order valence-electron chi connectivity index (χ4n) is 2.29. The van der Waals surface area contributed by atoms with Crippen LogP contribution in [0.4, 0.5) is 0 Å². The van der Waals surface area contributed by atoms with Crippen molar-refractivity contribution >= 4 is 0 Å². The largest absolute Gasteiger partial charge is 0.493 e. The first-order valence-corrected chi connectivity index (χ1v) is 6.35. The lowest BCUT2D eigenvalue weighted by Crippen LogP contribution is -2.43. The van der Waals surface area contributed by atoms with Crippen LogP contribution in [0.5, 0.6) is 11.5 Å². The second-order valence-corrected chi connectivity index (χ2v) is 5.19. The van der Waals surface area contributed by atoms with Crippen LogP contribution in [0.15, 0.2) is 18.2 Å². The van der Waals surface area contributed by atoms with Gasteiger partial charge in [0.15, 0.2) is 11.5 Å². The summed E-state index contributed by atoms with van der Waals surface area (Å²) in [7, 11) is 1.68. The summed E-state index contributed by atoms with van der Waals surface area (Å²) in [5.74, 6) is 1.66. The van der Waals surface area contributed by atoms with Gasteiger partial charge in [0.25, 0.3) is 0 Å². The first kappa shape index (κ1) is 10.9. The maximum atomic E-state index is 6.33. The molecule has 0 saturated heterocycles. The molecule has 2 saturated carbocycles. The minimum absolute atomic E-state index is 0.131. The summed E-state index contributed by atoms with van der Waals surface area (Å²) < 4.78 is 11.2. The Hall–Kier alpha value is -1.22. The normalized spacial score (nSPS) is 21.8. The van der Waals surface area contributed by atoms with Crippen LogP contribution in [0.1, 0.15) is 37.7 Å². The van der Waals surface area contributed by atoms with E-state index >= 15 is 0 Å². The van der Waals surface area contributed by atoms with E-state index in [-0.39, 0.29) is 5.54 Å². The molecule has 3 heteroatoms. The van der Waals surface area contributed by atoms with Gasteiger partial charge in [-0.15, -0.1) is 0 Å². The molecule has 0 atom stereocenters. The van der Waals surface area contributed by atoms with Gasteiger partial charge in [-0.05, 0) is 49.8 Å². The van der Waals surface area contributed by atoms with Crippen LogP contribution in [0.3, 0.4) is 0 Å². The molecule has 1 aromatic rings. The molecular weight excluding hydrogens is 214 g/mol. The minimum Gasteiger partial charge on any atom is -0.493 e. The molecule has 0 bridgehead atoms. The number of rotatable bonds is 4. The van der Waals surface area contributed by atoms with Crippen LogP contribution in [-0.2, 0) is 5.54 Å². The number of methoxy groups -OCH3 is 1. The van der Waals surface area contributed by atoms with Gasteiger partial charge < -0.3 is 15.2 Å². The Morgan fingerprint density at radius 2 is 2.00 bits per heavy atom. The highest BCUT2D eigenvalue weighted by Gasteiger charge is 2.35. The van der Waals surface area contributed by atoms with Gasteiger partial charge in [0.1, 0.15) is 0 Å². The molecule has 0 unspecified atom stereocenters. The number of hydrogen-bond donors (Lipinski definition) is 1. The highest BCUT2D eigenvalue weighted by Crippen LogP contribution is 2.42. The standard InChI is InChI=1S/C14H19NO2/c1-16-12-6-3-10(14(15)7-2-8-14)9-13(12)17-11-4-5-11/h3,6,9,11H,2,4-5,7-8,15H2,1H3. The summed E-state index contributed by atoms with van der Waals surface area (Å²) in [5.41, 5.74) is 7.38. The minimum atomic E-state index is -0.131. The molecule has 3 nitrogen and oxygen atoms in total. The van der Waals surface area contributed by atoms with Crippen LogP contribution in [0, 0.1) is 0 Å². The van der Waals surface area contributed by atoms with E-state index in [0.717, 1.165) is 37.2 Å². The lowest BCUT2D eigenvalue weighted by molar-refractivity contribution is 0.248. The van der Waals surface area contributed by atoms with Crippen LogP contribution in [0.2, 0.25) is 0 Å². The van der Waals surface area contributed by atoms with Gasteiger partial charge in [0.2, 0.25) is 0 Å². The molecule has 2 fully saturated rings. The Labute approximate surface area is 102 Å². The summed E-state index contributed by atoms with van der Waals surface area (Å²) in [6.07, 6.45) is 6.06. The smallest absolute Gasteiger partial charge is 0.161 e. The molecule has 2 aliphatic carbocycles. The summed E-state index contributed by atoms with van der Waals surface area (Å²) in [6, 6.07) is 6.11. The Morgan fingerprint density at radius 1 is 1.24 bits per heavy atom. The summed E-state index contributed by atoms with van der Waals surface area (Å²) in [4.78, 5) is 0. The molecule has 3 rings (SSSR count). The molecule has 0 radical (unpaired) electrons. The molecule has 0 spiro atoms. The van der Waals surface area contributed by atoms with Crippen molar-refractivity contribution in [2.75, 3.05) is 7.11 Å². The van der Waals surface area contributed by atoms with E-state index in [0.29, 0.717) is 6.10 Å². The molecule has 0 amide bonds. The molecule has 2 aliphatic rings. The Bertz CT molecular complexity index is 422. The van der Waals surface area contributed by atoms with E-state index < -0.39 is 0 Å². The van der Waals surface area contributed by atoms with Gasteiger partial charge in [-0.1, -0.05) is 6.07 Å². The van der Waals surface area contributed by atoms with Gasteiger partial charge in [0, 0.05) is 5.54 Å². The van der Waals surface area contributed by atoms with Crippen molar-refractivity contribution in [1.29, 1.82) is 0 Å². The van der Waals surface area contributed by atoms with Crippen LogP contribution < -0.4 is 15.2 Å². The lowest BCUT2D eigenvalue weighted by Gasteiger charge is -2.38.